The van der Waals surface area contributed by atoms with E-state index < -0.39 is 0 Å². The highest BCUT2D eigenvalue weighted by molar-refractivity contribution is 5.92. The number of likely N-dealkylation sites (tertiary alicyclic amines) is 1. The second kappa shape index (κ2) is 8.06. The van der Waals surface area contributed by atoms with Crippen molar-refractivity contribution in [3.8, 4) is 0 Å². The van der Waals surface area contributed by atoms with Crippen LogP contribution in [0.5, 0.6) is 0 Å². The summed E-state index contributed by atoms with van der Waals surface area (Å²) >= 11 is 0. The Morgan fingerprint density at radius 1 is 1.35 bits per heavy atom. The molecule has 1 aliphatic rings. The molecule has 0 bridgehead atoms. The van der Waals surface area contributed by atoms with Gasteiger partial charge in [-0.2, -0.15) is 0 Å². The molecule has 1 unspecified atom stereocenters. The summed E-state index contributed by atoms with van der Waals surface area (Å²) in [6.07, 6.45) is 3.14. The molecule has 1 aromatic heterocycles. The molecule has 2 rings (SSSR count). The van der Waals surface area contributed by atoms with E-state index in [9.17, 15) is 9.59 Å². The van der Waals surface area contributed by atoms with E-state index in [1.807, 2.05) is 37.9 Å². The molecule has 0 saturated carbocycles. The maximum Gasteiger partial charge on any atom is 0.228 e. The molecule has 1 atom stereocenters. The summed E-state index contributed by atoms with van der Waals surface area (Å²) in [5, 5.41) is 5.89. The van der Waals surface area contributed by atoms with Gasteiger partial charge in [-0.15, -0.1) is 0 Å². The maximum atomic E-state index is 12.3. The van der Waals surface area contributed by atoms with Gasteiger partial charge in [0, 0.05) is 37.7 Å². The number of nitrogens with one attached hydrogen (secondary N) is 2. The van der Waals surface area contributed by atoms with Gasteiger partial charge in [0.25, 0.3) is 0 Å². The number of aryl methyl sites for hydroxylation is 1. The van der Waals surface area contributed by atoms with Crippen LogP contribution < -0.4 is 10.6 Å². The second-order valence-corrected chi connectivity index (χ2v) is 6.27. The molecule has 2 heterocycles. The van der Waals surface area contributed by atoms with Gasteiger partial charge in [0.05, 0.1) is 0 Å². The summed E-state index contributed by atoms with van der Waals surface area (Å²) in [5.74, 6) is 0.667. The number of carbonyl (C=O) groups excluding carboxylic acids is 2. The Hall–Kier alpha value is -1.95. The molecule has 2 amide bonds. The van der Waals surface area contributed by atoms with Crippen LogP contribution in [-0.4, -0.2) is 48.4 Å². The monoisotopic (exact) mass is 318 g/mol. The Morgan fingerprint density at radius 2 is 2.04 bits per heavy atom. The van der Waals surface area contributed by atoms with Crippen molar-refractivity contribution < 1.29 is 9.59 Å². The van der Waals surface area contributed by atoms with Gasteiger partial charge in [-0.1, -0.05) is 13.0 Å². The average molecular weight is 318 g/mol. The molecule has 6 nitrogen and oxygen atoms in total. The summed E-state index contributed by atoms with van der Waals surface area (Å²) in [6, 6.07) is 3.73. The van der Waals surface area contributed by atoms with Crippen molar-refractivity contribution in [2.24, 2.45) is 11.8 Å². The van der Waals surface area contributed by atoms with Crippen molar-refractivity contribution in [3.05, 3.63) is 23.9 Å². The molecular formula is C17H26N4O2. The third-order valence-corrected chi connectivity index (χ3v) is 4.27. The van der Waals surface area contributed by atoms with Crippen molar-refractivity contribution in [2.75, 3.05) is 32.0 Å². The Labute approximate surface area is 137 Å². The van der Waals surface area contributed by atoms with Crippen LogP contribution >= 0.6 is 0 Å². The highest BCUT2D eigenvalue weighted by Crippen LogP contribution is 2.20. The first-order chi connectivity index (χ1) is 11.0. The minimum absolute atomic E-state index is 0.00303. The lowest BCUT2D eigenvalue weighted by molar-refractivity contribution is -0.137. The van der Waals surface area contributed by atoms with Crippen molar-refractivity contribution in [1.82, 2.24) is 15.2 Å². The lowest BCUT2D eigenvalue weighted by atomic mass is 9.95. The van der Waals surface area contributed by atoms with E-state index >= 15 is 0 Å². The van der Waals surface area contributed by atoms with Crippen molar-refractivity contribution >= 4 is 17.6 Å². The molecule has 0 aromatic carbocycles. The van der Waals surface area contributed by atoms with Gasteiger partial charge < -0.3 is 15.5 Å². The van der Waals surface area contributed by atoms with E-state index in [4.69, 9.17) is 0 Å². The first-order valence-corrected chi connectivity index (χ1v) is 8.18. The predicted octanol–water partition coefficient (Wildman–Crippen LogP) is 1.42. The highest BCUT2D eigenvalue weighted by atomic mass is 16.2. The lowest BCUT2D eigenvalue weighted by Crippen LogP contribution is -2.45. The van der Waals surface area contributed by atoms with E-state index in [1.54, 1.807) is 6.20 Å². The zero-order valence-corrected chi connectivity index (χ0v) is 14.1. The summed E-state index contributed by atoms with van der Waals surface area (Å²) in [6.45, 7) is 5.86. The van der Waals surface area contributed by atoms with Crippen LogP contribution in [0.3, 0.4) is 0 Å². The van der Waals surface area contributed by atoms with E-state index in [1.165, 1.54) is 0 Å². The number of hydrogen-bond acceptors (Lipinski definition) is 4. The van der Waals surface area contributed by atoms with Gasteiger partial charge in [0.1, 0.15) is 5.82 Å². The smallest absolute Gasteiger partial charge is 0.228 e. The van der Waals surface area contributed by atoms with Crippen LogP contribution in [0.2, 0.25) is 0 Å². The fourth-order valence-corrected chi connectivity index (χ4v) is 2.84. The maximum absolute atomic E-state index is 12.3. The summed E-state index contributed by atoms with van der Waals surface area (Å²) in [7, 11) is 1.85. The second-order valence-electron chi connectivity index (χ2n) is 6.27. The molecule has 0 aliphatic carbocycles. The van der Waals surface area contributed by atoms with Crippen LogP contribution in [0.4, 0.5) is 5.82 Å². The van der Waals surface area contributed by atoms with Gasteiger partial charge in [0.15, 0.2) is 0 Å². The lowest BCUT2D eigenvalue weighted by Gasteiger charge is -2.33. The quantitative estimate of drug-likeness (QED) is 0.861. The fraction of sp³-hybridized carbons (Fsp3) is 0.588. The molecular weight excluding hydrogens is 292 g/mol. The minimum Gasteiger partial charge on any atom is -0.342 e. The molecule has 6 heteroatoms. The van der Waals surface area contributed by atoms with Crippen molar-refractivity contribution in [3.63, 3.8) is 0 Å². The SMILES string of the molecule is CNCC(C)C(=O)N1CCC(C(=O)Nc2ccc(C)cn2)CC1. The van der Waals surface area contributed by atoms with E-state index in [0.717, 1.165) is 5.56 Å². The van der Waals surface area contributed by atoms with Gasteiger partial charge >= 0.3 is 0 Å². The molecule has 1 fully saturated rings. The number of nitrogens with zero attached hydrogens (tertiary/aromatic N) is 2. The van der Waals surface area contributed by atoms with E-state index in [2.05, 4.69) is 15.6 Å². The number of rotatable bonds is 5. The van der Waals surface area contributed by atoms with E-state index in [-0.39, 0.29) is 23.7 Å². The molecule has 0 spiro atoms. The molecule has 126 valence electrons. The first kappa shape index (κ1) is 17.4. The zero-order chi connectivity index (χ0) is 16.8. The summed E-state index contributed by atoms with van der Waals surface area (Å²) < 4.78 is 0. The highest BCUT2D eigenvalue weighted by Gasteiger charge is 2.29. The van der Waals surface area contributed by atoms with Crippen LogP contribution in [0, 0.1) is 18.8 Å². The number of anilines is 1. The zero-order valence-electron chi connectivity index (χ0n) is 14.1. The fourth-order valence-electron chi connectivity index (χ4n) is 2.84. The number of carbonyl (C=O) groups is 2. The third-order valence-electron chi connectivity index (χ3n) is 4.27. The Kier molecular flexibility index (Phi) is 6.10. The van der Waals surface area contributed by atoms with E-state index in [0.29, 0.717) is 38.3 Å². The topological polar surface area (TPSA) is 74.3 Å². The molecule has 0 radical (unpaired) electrons. The first-order valence-electron chi connectivity index (χ1n) is 8.18. The van der Waals surface area contributed by atoms with Gasteiger partial charge in [-0.25, -0.2) is 4.98 Å². The van der Waals surface area contributed by atoms with Gasteiger partial charge in [-0.05, 0) is 38.4 Å². The molecule has 1 aliphatic heterocycles. The minimum atomic E-state index is -0.0539. The Morgan fingerprint density at radius 3 is 2.61 bits per heavy atom. The third kappa shape index (κ3) is 4.76. The summed E-state index contributed by atoms with van der Waals surface area (Å²) in [4.78, 5) is 30.6. The van der Waals surface area contributed by atoms with Crippen LogP contribution in [0.25, 0.3) is 0 Å². The molecule has 1 saturated heterocycles. The van der Waals surface area contributed by atoms with Gasteiger partial charge in [-0.3, -0.25) is 9.59 Å². The molecule has 1 aromatic rings. The molecule has 23 heavy (non-hydrogen) atoms. The largest absolute Gasteiger partial charge is 0.342 e. The average Bonchev–Trinajstić information content (AvgIpc) is 2.56. The number of aromatic nitrogens is 1. The van der Waals surface area contributed by atoms with Crippen molar-refractivity contribution in [1.29, 1.82) is 0 Å². The number of amides is 2. The number of pyridine rings is 1. The van der Waals surface area contributed by atoms with Crippen LogP contribution in [-0.2, 0) is 9.59 Å². The van der Waals surface area contributed by atoms with Crippen molar-refractivity contribution in [2.45, 2.75) is 26.7 Å². The standard InChI is InChI=1S/C17H26N4O2/c1-12-4-5-15(19-10-12)20-16(22)14-6-8-21(9-7-14)17(23)13(2)11-18-3/h4-5,10,13-14,18H,6-9,11H2,1-3H3,(H,19,20,22). The van der Waals surface area contributed by atoms with Crippen LogP contribution in [0.1, 0.15) is 25.3 Å². The van der Waals surface area contributed by atoms with Gasteiger partial charge in [0.2, 0.25) is 11.8 Å². The number of piperidine rings is 1. The Balaban J connectivity index is 1.82. The normalized spacial score (nSPS) is 16.9. The molecule has 2 N–H and O–H groups in total. The predicted molar refractivity (Wildman–Crippen MR) is 90.0 cm³/mol. The van der Waals surface area contributed by atoms with Crippen LogP contribution in [0.15, 0.2) is 18.3 Å². The Bertz CT molecular complexity index is 536. The summed E-state index contributed by atoms with van der Waals surface area (Å²) in [5.41, 5.74) is 1.06. The number of hydrogen-bond donors (Lipinski definition) is 2.